The highest BCUT2D eigenvalue weighted by molar-refractivity contribution is 7.87. The summed E-state index contributed by atoms with van der Waals surface area (Å²) in [6.45, 7) is 6.95. The number of ether oxygens (including phenoxy) is 2. The number of anilines is 1. The van der Waals surface area contributed by atoms with E-state index in [0.717, 1.165) is 23.0 Å². The van der Waals surface area contributed by atoms with Crippen molar-refractivity contribution in [2.45, 2.75) is 91.2 Å². The third-order valence-electron chi connectivity index (χ3n) is 12.8. The monoisotopic (exact) mass is 1030 g/mol. The predicted molar refractivity (Wildman–Crippen MR) is 260 cm³/mol. The maximum Gasteiger partial charge on any atom is 0.303 e. The topological polar surface area (TPSA) is 279 Å². The maximum atomic E-state index is 12.8. The van der Waals surface area contributed by atoms with Crippen LogP contribution >= 0.6 is 0 Å². The Balaban J connectivity index is 1.50. The minimum Gasteiger partial charge on any atom is -0.481 e. The Hall–Kier alpha value is -4.88. The molecule has 2 aliphatic heterocycles. The number of aliphatic carboxylic acids is 1. The first-order chi connectivity index (χ1) is 32.1. The van der Waals surface area contributed by atoms with Crippen LogP contribution < -0.4 is 4.90 Å². The molecule has 374 valence electrons. The molecule has 1 atom stereocenters. The lowest BCUT2D eigenvalue weighted by molar-refractivity contribution is -0.441. The lowest BCUT2D eigenvalue weighted by Crippen LogP contribution is -2.32. The zero-order valence-corrected chi connectivity index (χ0v) is 42.0. The van der Waals surface area contributed by atoms with Gasteiger partial charge in [0, 0.05) is 72.5 Å². The molecule has 0 aliphatic carbocycles. The zero-order chi connectivity index (χ0) is 50.9. The number of nitrogens with zero attached hydrogens (tertiary/aromatic N) is 2. The molecule has 0 radical (unpaired) electrons. The first kappa shape index (κ1) is 53.5. The summed E-state index contributed by atoms with van der Waals surface area (Å²) in [5.41, 5.74) is 2.53. The van der Waals surface area contributed by atoms with Crippen molar-refractivity contribution in [1.29, 1.82) is 0 Å². The number of fused-ring (bicyclic) bond motifs is 6. The van der Waals surface area contributed by atoms with E-state index in [1.807, 2.05) is 36.6 Å². The van der Waals surface area contributed by atoms with Crippen LogP contribution in [0.2, 0.25) is 0 Å². The summed E-state index contributed by atoms with van der Waals surface area (Å²) in [5.74, 6) is -1.52. The van der Waals surface area contributed by atoms with Gasteiger partial charge in [-0.2, -0.15) is 38.2 Å². The van der Waals surface area contributed by atoms with Gasteiger partial charge in [0.2, 0.25) is 5.69 Å². The molecule has 1 unspecified atom stereocenters. The molecule has 0 amide bonds. The van der Waals surface area contributed by atoms with Crippen LogP contribution in [-0.2, 0) is 72.0 Å². The zero-order valence-electron chi connectivity index (χ0n) is 38.7. The molecule has 0 bridgehead atoms. The van der Waals surface area contributed by atoms with E-state index in [2.05, 4.69) is 4.90 Å². The van der Waals surface area contributed by atoms with Gasteiger partial charge in [-0.15, -0.1) is 0 Å². The van der Waals surface area contributed by atoms with Gasteiger partial charge < -0.3 is 19.5 Å². The van der Waals surface area contributed by atoms with Crippen molar-refractivity contribution >= 4 is 85.1 Å². The van der Waals surface area contributed by atoms with E-state index < -0.39 is 72.8 Å². The Bertz CT molecular complexity index is 3290. The fourth-order valence-electron chi connectivity index (χ4n) is 9.77. The summed E-state index contributed by atoms with van der Waals surface area (Å²) in [6, 6.07) is 11.6. The van der Waals surface area contributed by atoms with E-state index >= 15 is 0 Å². The Morgan fingerprint density at radius 3 is 1.96 bits per heavy atom. The SMILES string of the molecule is COCCc1cc(S(=O)(=O)O)c2ccc3c(c2c1)C(C)(C)\C(=C/C=C/C=C/C1=[N+](CCOC)c2ccc4c(S(=O)(=O)O)cc(S(=O)(=O)O)cc4c2C1(C)CCCS(=O)(=O)O)N3CCCCCC(=O)O. The van der Waals surface area contributed by atoms with Crippen LogP contribution in [0.15, 0.2) is 99.3 Å². The first-order valence-corrected chi connectivity index (χ1v) is 27.8. The molecule has 2 heterocycles. The molecule has 0 aromatic heterocycles. The largest absolute Gasteiger partial charge is 0.481 e. The first-order valence-electron chi connectivity index (χ1n) is 21.9. The summed E-state index contributed by atoms with van der Waals surface area (Å²) < 4.78 is 153. The van der Waals surface area contributed by atoms with Crippen LogP contribution in [0.3, 0.4) is 0 Å². The Kier molecular flexibility index (Phi) is 15.9. The molecule has 22 heteroatoms. The highest BCUT2D eigenvalue weighted by Gasteiger charge is 2.49. The van der Waals surface area contributed by atoms with E-state index in [-0.39, 0.29) is 48.1 Å². The Morgan fingerprint density at radius 1 is 0.710 bits per heavy atom. The number of rotatable bonds is 22. The third kappa shape index (κ3) is 11.5. The Morgan fingerprint density at radius 2 is 1.35 bits per heavy atom. The highest BCUT2D eigenvalue weighted by Crippen LogP contribution is 2.52. The second-order valence-corrected chi connectivity index (χ2v) is 23.6. The van der Waals surface area contributed by atoms with Crippen molar-refractivity contribution in [3.63, 3.8) is 0 Å². The number of hydrogen-bond donors (Lipinski definition) is 5. The van der Waals surface area contributed by atoms with Crippen LogP contribution in [-0.4, -0.2) is 120 Å². The van der Waals surface area contributed by atoms with Gasteiger partial charge in [-0.25, -0.2) is 0 Å². The molecule has 4 aromatic rings. The minimum absolute atomic E-state index is 0.0210. The minimum atomic E-state index is -5.06. The molecule has 0 saturated carbocycles. The summed E-state index contributed by atoms with van der Waals surface area (Å²) in [5, 5.41) is 10.2. The van der Waals surface area contributed by atoms with Gasteiger partial charge in [-0.1, -0.05) is 50.6 Å². The summed E-state index contributed by atoms with van der Waals surface area (Å²) >= 11 is 0. The van der Waals surface area contributed by atoms with Crippen molar-refractivity contribution < 1.29 is 75.8 Å². The molecule has 0 fully saturated rings. The summed E-state index contributed by atoms with van der Waals surface area (Å²) in [7, 11) is -16.1. The fourth-order valence-corrected chi connectivity index (χ4v) is 12.4. The van der Waals surface area contributed by atoms with Gasteiger partial charge in [0.15, 0.2) is 12.3 Å². The lowest BCUT2D eigenvalue weighted by atomic mass is 9.74. The average molecular weight is 1030 g/mol. The molecular weight excluding hydrogens is 977 g/mol. The third-order valence-corrected chi connectivity index (χ3v) is 16.2. The van der Waals surface area contributed by atoms with Crippen LogP contribution in [0.25, 0.3) is 21.5 Å². The van der Waals surface area contributed by atoms with Gasteiger partial charge in [-0.3, -0.25) is 23.0 Å². The van der Waals surface area contributed by atoms with Crippen molar-refractivity contribution in [2.75, 3.05) is 51.2 Å². The summed E-state index contributed by atoms with van der Waals surface area (Å²) in [6.07, 6.45) is 11.0. The van der Waals surface area contributed by atoms with Crippen LogP contribution in [0.5, 0.6) is 0 Å². The predicted octanol–water partition coefficient (Wildman–Crippen LogP) is 7.03. The Labute approximate surface area is 402 Å². The number of carboxylic acid groups (broad SMARTS) is 1. The van der Waals surface area contributed by atoms with E-state index in [1.54, 1.807) is 43.4 Å². The average Bonchev–Trinajstić information content (AvgIpc) is 3.61. The van der Waals surface area contributed by atoms with Gasteiger partial charge in [0.25, 0.3) is 40.5 Å². The van der Waals surface area contributed by atoms with Gasteiger partial charge in [0.1, 0.15) is 16.4 Å². The smallest absolute Gasteiger partial charge is 0.303 e. The highest BCUT2D eigenvalue weighted by atomic mass is 32.2. The number of carboxylic acids is 1. The molecule has 4 aromatic carbocycles. The molecule has 0 spiro atoms. The van der Waals surface area contributed by atoms with Crippen LogP contribution in [0.4, 0.5) is 11.4 Å². The fraction of sp³-hybridized carbons (Fsp3) is 0.404. The number of benzene rings is 4. The number of methoxy groups -OCH3 is 2. The van der Waals surface area contributed by atoms with Crippen molar-refractivity contribution in [2.24, 2.45) is 0 Å². The van der Waals surface area contributed by atoms with E-state index in [0.29, 0.717) is 78.2 Å². The van der Waals surface area contributed by atoms with Crippen molar-refractivity contribution in [1.82, 2.24) is 0 Å². The van der Waals surface area contributed by atoms with E-state index in [4.69, 9.17) is 9.47 Å². The van der Waals surface area contributed by atoms with Gasteiger partial charge in [0.05, 0.1) is 22.7 Å². The second kappa shape index (κ2) is 20.5. The normalized spacial score (nSPS) is 18.2. The second-order valence-electron chi connectivity index (χ2n) is 17.8. The number of hydrogen-bond acceptors (Lipinski definition) is 12. The van der Waals surface area contributed by atoms with Crippen molar-refractivity contribution in [3.05, 3.63) is 101 Å². The van der Waals surface area contributed by atoms with Crippen LogP contribution in [0, 0.1) is 0 Å². The molecule has 5 N–H and O–H groups in total. The lowest BCUT2D eigenvalue weighted by Gasteiger charge is -2.27. The van der Waals surface area contributed by atoms with Gasteiger partial charge >= 0.3 is 5.97 Å². The molecule has 2 aliphatic rings. The number of unbranched alkanes of at least 4 members (excludes halogenated alkanes) is 2. The quantitative estimate of drug-likeness (QED) is 0.0229. The van der Waals surface area contributed by atoms with Crippen molar-refractivity contribution in [3.8, 4) is 0 Å². The number of carbonyl (C=O) groups is 1. The van der Waals surface area contributed by atoms with E-state index in [9.17, 15) is 61.8 Å². The maximum absolute atomic E-state index is 12.8. The standard InChI is InChI=1S/C47H56N2O16S4/c1-46(2)41(48(22-11-7-10-15-43(50)51)37-18-16-33-35(44(37)46)27-31(20-24-64-4)28-39(33)68(58,59)60)13-8-6-9-14-42-47(3,21-12-26-66(52,53)54)45-36-29-32(67(55,56)57)30-40(69(61,62)63)34(36)17-19-38(45)49(42)23-25-65-5/h6,8-9,13-14,16-19,27-30H,7,10-12,15,20-26H2,1-5H3,(H4-,50,51,52,53,54,55,56,57,58,59,60,61,62,63)/p+1. The van der Waals surface area contributed by atoms with Crippen LogP contribution in [0.1, 0.15) is 76.0 Å². The molecule has 69 heavy (non-hydrogen) atoms. The van der Waals surface area contributed by atoms with Gasteiger partial charge in [-0.05, 0) is 97.3 Å². The molecule has 18 nitrogen and oxygen atoms in total. The molecular formula is C47H57N2O16S4+. The summed E-state index contributed by atoms with van der Waals surface area (Å²) in [4.78, 5) is 11.6. The number of allylic oxidation sites excluding steroid dienone is 6. The van der Waals surface area contributed by atoms with E-state index in [1.165, 1.54) is 26.4 Å². The molecule has 0 saturated heterocycles. The molecule has 6 rings (SSSR count).